The fourth-order valence-electron chi connectivity index (χ4n) is 2.90. The third kappa shape index (κ3) is 10.4. The van der Waals surface area contributed by atoms with Crippen molar-refractivity contribution in [2.75, 3.05) is 6.54 Å². The molecule has 1 N–H and O–H groups in total. The van der Waals surface area contributed by atoms with Crippen molar-refractivity contribution in [1.29, 1.82) is 0 Å². The van der Waals surface area contributed by atoms with Crippen LogP contribution in [0, 0.1) is 5.82 Å². The molecule has 1 aromatic carbocycles. The van der Waals surface area contributed by atoms with Gasteiger partial charge >= 0.3 is 0 Å². The molecular formula is C21H34FNO. The first-order valence-corrected chi connectivity index (χ1v) is 9.78. The number of hydrogen-bond acceptors (Lipinski definition) is 1. The number of nitrogens with one attached hydrogen (secondary N) is 1. The van der Waals surface area contributed by atoms with Gasteiger partial charge in [-0.1, -0.05) is 83.6 Å². The van der Waals surface area contributed by atoms with Crippen LogP contribution in [-0.2, 0) is 0 Å². The number of rotatable bonds is 14. The van der Waals surface area contributed by atoms with E-state index in [2.05, 4.69) is 12.2 Å². The van der Waals surface area contributed by atoms with Gasteiger partial charge in [0.05, 0.1) is 0 Å². The number of hydrogen-bond donors (Lipinski definition) is 1. The minimum absolute atomic E-state index is 0.183. The fraction of sp³-hybridized carbons (Fsp3) is 0.667. The Morgan fingerprint density at radius 2 is 1.42 bits per heavy atom. The first kappa shape index (κ1) is 20.7. The highest BCUT2D eigenvalue weighted by atomic mass is 19.1. The second-order valence-corrected chi connectivity index (χ2v) is 6.66. The van der Waals surface area contributed by atoms with E-state index in [0.29, 0.717) is 12.1 Å². The minimum Gasteiger partial charge on any atom is -0.352 e. The van der Waals surface area contributed by atoms with Gasteiger partial charge in [-0.25, -0.2) is 4.39 Å². The first-order valence-electron chi connectivity index (χ1n) is 9.78. The first-order chi connectivity index (χ1) is 11.7. The van der Waals surface area contributed by atoms with E-state index in [1.807, 2.05) is 0 Å². The van der Waals surface area contributed by atoms with E-state index in [4.69, 9.17) is 0 Å². The molecule has 136 valence electrons. The van der Waals surface area contributed by atoms with Crippen molar-refractivity contribution in [2.45, 2.75) is 84.0 Å². The van der Waals surface area contributed by atoms with Crippen LogP contribution in [0.25, 0.3) is 0 Å². The maximum atomic E-state index is 13.0. The third-order valence-electron chi connectivity index (χ3n) is 4.40. The summed E-state index contributed by atoms with van der Waals surface area (Å²) in [5.74, 6) is -0.550. The molecule has 3 heteroatoms. The SMILES string of the molecule is CCCCCCCCCCCCCCNC(=O)c1cccc(F)c1. The number of unbranched alkanes of at least 4 members (excludes halogenated alkanes) is 11. The lowest BCUT2D eigenvalue weighted by Gasteiger charge is -2.06. The molecular weight excluding hydrogens is 301 g/mol. The molecule has 0 saturated heterocycles. The predicted octanol–water partition coefficient (Wildman–Crippen LogP) is 6.26. The van der Waals surface area contributed by atoms with E-state index in [-0.39, 0.29) is 11.7 Å². The van der Waals surface area contributed by atoms with Gasteiger partial charge in [-0.2, -0.15) is 0 Å². The monoisotopic (exact) mass is 335 g/mol. The molecule has 0 unspecified atom stereocenters. The van der Waals surface area contributed by atoms with Crippen molar-refractivity contribution in [3.8, 4) is 0 Å². The van der Waals surface area contributed by atoms with Crippen LogP contribution in [0.15, 0.2) is 24.3 Å². The highest BCUT2D eigenvalue weighted by molar-refractivity contribution is 5.94. The largest absolute Gasteiger partial charge is 0.352 e. The second kappa shape index (κ2) is 14.0. The van der Waals surface area contributed by atoms with Gasteiger partial charge in [-0.05, 0) is 24.6 Å². The third-order valence-corrected chi connectivity index (χ3v) is 4.40. The Balaban J connectivity index is 1.88. The number of benzene rings is 1. The molecule has 0 bridgehead atoms. The smallest absolute Gasteiger partial charge is 0.251 e. The molecule has 1 rings (SSSR count). The Morgan fingerprint density at radius 1 is 0.875 bits per heavy atom. The number of halogens is 1. The van der Waals surface area contributed by atoms with Crippen LogP contribution >= 0.6 is 0 Å². The van der Waals surface area contributed by atoms with Crippen LogP contribution in [0.3, 0.4) is 0 Å². The van der Waals surface area contributed by atoms with E-state index >= 15 is 0 Å². The Kier molecular flexibility index (Phi) is 12.1. The molecule has 0 saturated carbocycles. The quantitative estimate of drug-likeness (QED) is 0.400. The topological polar surface area (TPSA) is 29.1 Å². The molecule has 1 aromatic rings. The molecule has 0 radical (unpaired) electrons. The van der Waals surface area contributed by atoms with Gasteiger partial charge in [-0.3, -0.25) is 4.79 Å². The average Bonchev–Trinajstić information content (AvgIpc) is 2.59. The van der Waals surface area contributed by atoms with Gasteiger partial charge in [-0.15, -0.1) is 0 Å². The second-order valence-electron chi connectivity index (χ2n) is 6.66. The van der Waals surface area contributed by atoms with Crippen molar-refractivity contribution in [3.05, 3.63) is 35.6 Å². The summed E-state index contributed by atoms with van der Waals surface area (Å²) >= 11 is 0. The Labute approximate surface area is 147 Å². The van der Waals surface area contributed by atoms with Crippen LogP contribution in [-0.4, -0.2) is 12.5 Å². The van der Waals surface area contributed by atoms with Crippen LogP contribution in [0.1, 0.15) is 94.3 Å². The molecule has 2 nitrogen and oxygen atoms in total. The van der Waals surface area contributed by atoms with Crippen LogP contribution in [0.4, 0.5) is 4.39 Å². The van der Waals surface area contributed by atoms with E-state index < -0.39 is 0 Å². The summed E-state index contributed by atoms with van der Waals surface area (Å²) in [4.78, 5) is 11.8. The summed E-state index contributed by atoms with van der Waals surface area (Å²) in [6.45, 7) is 2.93. The molecule has 24 heavy (non-hydrogen) atoms. The maximum absolute atomic E-state index is 13.0. The Bertz CT molecular complexity index is 447. The molecule has 0 aromatic heterocycles. The summed E-state index contributed by atoms with van der Waals surface area (Å²) in [6.07, 6.45) is 15.7. The summed E-state index contributed by atoms with van der Waals surface area (Å²) in [5.41, 5.74) is 0.397. The zero-order valence-corrected chi connectivity index (χ0v) is 15.3. The molecule has 0 fully saturated rings. The van der Waals surface area contributed by atoms with E-state index in [0.717, 1.165) is 12.8 Å². The van der Waals surface area contributed by atoms with Crippen molar-refractivity contribution in [3.63, 3.8) is 0 Å². The van der Waals surface area contributed by atoms with Crippen LogP contribution in [0.2, 0.25) is 0 Å². The molecule has 0 aliphatic heterocycles. The van der Waals surface area contributed by atoms with Crippen molar-refractivity contribution >= 4 is 5.91 Å². The number of amides is 1. The Morgan fingerprint density at radius 3 is 1.96 bits per heavy atom. The standard InChI is InChI=1S/C21H34FNO/c1-2-3-4-5-6-7-8-9-10-11-12-13-17-23-21(24)19-15-14-16-20(22)18-19/h14-16,18H,2-13,17H2,1H3,(H,23,24). The van der Waals surface area contributed by atoms with Gasteiger partial charge in [0, 0.05) is 12.1 Å². The minimum atomic E-state index is -0.368. The Hall–Kier alpha value is -1.38. The molecule has 1 amide bonds. The summed E-state index contributed by atoms with van der Waals surface area (Å²) in [5, 5.41) is 2.86. The lowest BCUT2D eigenvalue weighted by molar-refractivity contribution is 0.0952. The lowest BCUT2D eigenvalue weighted by atomic mass is 10.1. The van der Waals surface area contributed by atoms with Crippen LogP contribution < -0.4 is 5.32 Å². The highest BCUT2D eigenvalue weighted by Gasteiger charge is 2.05. The van der Waals surface area contributed by atoms with Gasteiger partial charge in [0.1, 0.15) is 5.82 Å². The predicted molar refractivity (Wildman–Crippen MR) is 99.8 cm³/mol. The normalized spacial score (nSPS) is 10.8. The number of carbonyl (C=O) groups excluding carboxylic acids is 1. The summed E-state index contributed by atoms with van der Waals surface area (Å²) < 4.78 is 13.0. The van der Waals surface area contributed by atoms with Gasteiger partial charge in [0.25, 0.3) is 5.91 Å². The average molecular weight is 336 g/mol. The van der Waals surface area contributed by atoms with Crippen molar-refractivity contribution in [2.24, 2.45) is 0 Å². The molecule has 0 aliphatic rings. The van der Waals surface area contributed by atoms with Gasteiger partial charge in [0.15, 0.2) is 0 Å². The van der Waals surface area contributed by atoms with E-state index in [9.17, 15) is 9.18 Å². The highest BCUT2D eigenvalue weighted by Crippen LogP contribution is 2.11. The maximum Gasteiger partial charge on any atom is 0.251 e. The zero-order chi connectivity index (χ0) is 17.5. The molecule has 0 aliphatic carbocycles. The van der Waals surface area contributed by atoms with Crippen molar-refractivity contribution < 1.29 is 9.18 Å². The van der Waals surface area contributed by atoms with Crippen molar-refractivity contribution in [1.82, 2.24) is 5.32 Å². The van der Waals surface area contributed by atoms with Crippen LogP contribution in [0.5, 0.6) is 0 Å². The van der Waals surface area contributed by atoms with Gasteiger partial charge in [0.2, 0.25) is 0 Å². The van der Waals surface area contributed by atoms with E-state index in [1.54, 1.807) is 12.1 Å². The lowest BCUT2D eigenvalue weighted by Crippen LogP contribution is -2.24. The van der Waals surface area contributed by atoms with E-state index in [1.165, 1.54) is 76.3 Å². The fourth-order valence-corrected chi connectivity index (χ4v) is 2.90. The summed E-state index contributed by atoms with van der Waals surface area (Å²) in [6, 6.07) is 5.83. The number of carbonyl (C=O) groups is 1. The zero-order valence-electron chi connectivity index (χ0n) is 15.3. The molecule has 0 atom stereocenters. The van der Waals surface area contributed by atoms with Gasteiger partial charge < -0.3 is 5.32 Å². The molecule has 0 spiro atoms. The molecule has 0 heterocycles. The summed E-state index contributed by atoms with van der Waals surface area (Å²) in [7, 11) is 0.